The number of aliphatic hydroxyl groups is 1. The van der Waals surface area contributed by atoms with Crippen molar-refractivity contribution in [3.8, 4) is 45.3 Å². The molecular formula is C57H66N12O8S. The maximum absolute atomic E-state index is 14.2. The number of benzene rings is 2. The maximum Gasteiger partial charge on any atom is 0.254 e. The van der Waals surface area contributed by atoms with Crippen LogP contribution in [0.3, 0.4) is 0 Å². The topological polar surface area (TPSA) is 255 Å². The van der Waals surface area contributed by atoms with Gasteiger partial charge in [-0.15, -0.1) is 21.5 Å². The summed E-state index contributed by atoms with van der Waals surface area (Å²) in [5.41, 5.74) is 14.2. The molecule has 2 amide bonds. The van der Waals surface area contributed by atoms with Gasteiger partial charge in [0.25, 0.3) is 5.88 Å². The number of β-amino-alcohol motifs (C(OH)–C–C–N with tert-alkyl or cyclic N) is 1. The minimum Gasteiger partial charge on any atom is -0.507 e. The summed E-state index contributed by atoms with van der Waals surface area (Å²) < 4.78 is 24.7. The van der Waals surface area contributed by atoms with Gasteiger partial charge < -0.3 is 54.7 Å². The van der Waals surface area contributed by atoms with E-state index in [9.17, 15) is 25.1 Å². The van der Waals surface area contributed by atoms with E-state index < -0.39 is 24.0 Å². The van der Waals surface area contributed by atoms with Crippen LogP contribution in [0.1, 0.15) is 87.3 Å². The van der Waals surface area contributed by atoms with Crippen molar-refractivity contribution in [2.45, 2.75) is 121 Å². The molecule has 1 aliphatic carbocycles. The van der Waals surface area contributed by atoms with Gasteiger partial charge in [0.05, 0.1) is 57.4 Å². The highest BCUT2D eigenvalue weighted by molar-refractivity contribution is 7.13. The minimum atomic E-state index is -0.901. The molecule has 2 unspecified atom stereocenters. The van der Waals surface area contributed by atoms with Gasteiger partial charge >= 0.3 is 0 Å². The lowest BCUT2D eigenvalue weighted by atomic mass is 9.91. The summed E-state index contributed by atoms with van der Waals surface area (Å²) in [6.07, 6.45) is 7.04. The SMILES string of the molecule is Cc1ncsc1-c1ccc(CNC(=O)[C@@H]2C[C@@H](O)CN2C(=O)[C@H](c2cc(OCCN3CCC(O[C@H]4C[C@H](Oc5cc(N6C7CCC6CN(c6cc(-c8ccccc8O)nnc6N)C7)ccn5)C4)CC3)no2)C(C)C)c(C#N)c1. The van der Waals surface area contributed by atoms with E-state index in [0.717, 1.165) is 92.2 Å². The number of piperidine rings is 1. The van der Waals surface area contributed by atoms with E-state index in [0.29, 0.717) is 53.0 Å². The number of pyridine rings is 1. The van der Waals surface area contributed by atoms with E-state index in [1.807, 2.05) is 57.3 Å². The number of aromatic nitrogens is 5. The number of nitriles is 1. The second kappa shape index (κ2) is 22.9. The van der Waals surface area contributed by atoms with E-state index in [1.54, 1.807) is 29.8 Å². The first-order valence-electron chi connectivity index (χ1n) is 27.1. The third-order valence-corrected chi connectivity index (χ3v) is 17.0. The van der Waals surface area contributed by atoms with Gasteiger partial charge in [-0.25, -0.2) is 9.97 Å². The average molecular weight is 1080 g/mol. The third-order valence-electron chi connectivity index (χ3n) is 16.0. The molecule has 5 fully saturated rings. The normalized spacial score (nSPS) is 22.8. The van der Waals surface area contributed by atoms with E-state index in [4.69, 9.17) is 24.5 Å². The number of anilines is 3. The molecule has 1 saturated carbocycles. The first-order chi connectivity index (χ1) is 37.8. The van der Waals surface area contributed by atoms with Crippen molar-refractivity contribution in [1.82, 2.24) is 40.4 Å². The molecule has 8 heterocycles. The van der Waals surface area contributed by atoms with Crippen molar-refractivity contribution in [3.63, 3.8) is 0 Å². The number of rotatable bonds is 18. The number of nitrogen functional groups attached to an aromatic ring is 1. The van der Waals surface area contributed by atoms with Gasteiger partial charge in [0.2, 0.25) is 17.7 Å². The van der Waals surface area contributed by atoms with Gasteiger partial charge in [-0.3, -0.25) is 14.5 Å². The van der Waals surface area contributed by atoms with Gasteiger partial charge in [-0.1, -0.05) is 38.1 Å². The average Bonchev–Trinajstić information content (AvgIpc) is 4.40. The second-order valence-electron chi connectivity index (χ2n) is 21.6. The molecule has 2 bridgehead atoms. The molecule has 20 nitrogen and oxygen atoms in total. The monoisotopic (exact) mass is 1080 g/mol. The number of aryl methyl sites for hydroxylation is 1. The van der Waals surface area contributed by atoms with Gasteiger partial charge in [-0.05, 0) is 85.1 Å². The maximum atomic E-state index is 14.2. The summed E-state index contributed by atoms with van der Waals surface area (Å²) in [4.78, 5) is 46.4. The van der Waals surface area contributed by atoms with Crippen molar-refractivity contribution in [1.29, 1.82) is 5.26 Å². The number of aliphatic hydroxyl groups excluding tert-OH is 1. The number of thiazole rings is 1. The standard InChI is InChI=1S/C57H66N12O8S/c1-33(2)53(57(73)68-31-41(70)22-48(68)56(72)61-28-36-9-8-35(20-37(36)27-58)54-34(3)62-32-78-54)50-26-52(65-77-50)74-19-18-66-16-13-42(14-17-66)75-43-23-44(24-43)76-51-21-38(12-15-60-51)69-39-10-11-40(69)30-67(29-39)47-25-46(63-64-55(47)59)45-6-4-5-7-49(45)71/h4-9,12,15,20-21,25-26,32-33,39-44,48,53,70-71H,10-11,13-14,16-19,22-24,28-31H2,1-3H3,(H2,59,64)(H,61,72)/t39?,40?,41-,43-,44-,48+,53+/m1/s1. The molecule has 5 N–H and O–H groups in total. The Morgan fingerprint density at radius 3 is 2.47 bits per heavy atom. The molecule has 6 aromatic rings. The molecule has 78 heavy (non-hydrogen) atoms. The summed E-state index contributed by atoms with van der Waals surface area (Å²) in [5, 5.41) is 46.7. The third kappa shape index (κ3) is 11.3. The number of fused-ring (bicyclic) bond motifs is 2. The van der Waals surface area contributed by atoms with Crippen LogP contribution in [0.4, 0.5) is 17.2 Å². The smallest absolute Gasteiger partial charge is 0.254 e. The number of hydrogen-bond donors (Lipinski definition) is 4. The quantitative estimate of drug-likeness (QED) is 0.0720. The van der Waals surface area contributed by atoms with Crippen molar-refractivity contribution in [2.24, 2.45) is 5.92 Å². The van der Waals surface area contributed by atoms with Crippen LogP contribution in [-0.4, -0.2) is 146 Å². The van der Waals surface area contributed by atoms with Crippen LogP contribution in [0, 0.1) is 24.2 Å². The lowest BCUT2D eigenvalue weighted by molar-refractivity contribution is -0.141. The van der Waals surface area contributed by atoms with E-state index in [2.05, 4.69) is 63.5 Å². The Hall–Kier alpha value is -7.38. The Kier molecular flexibility index (Phi) is 15.5. The largest absolute Gasteiger partial charge is 0.507 e. The molecule has 11 rings (SSSR count). The molecule has 4 aliphatic heterocycles. The number of nitrogens with two attached hydrogens (primary N) is 1. The van der Waals surface area contributed by atoms with Gasteiger partial charge in [0.1, 0.15) is 30.4 Å². The second-order valence-corrected chi connectivity index (χ2v) is 22.4. The number of piperazine rings is 1. The summed E-state index contributed by atoms with van der Waals surface area (Å²) in [6.45, 7) is 10.2. The minimum absolute atomic E-state index is 0.00628. The molecule has 4 saturated heterocycles. The zero-order chi connectivity index (χ0) is 54.0. The molecule has 5 atom stereocenters. The Morgan fingerprint density at radius 2 is 1.73 bits per heavy atom. The van der Waals surface area contributed by atoms with Crippen LogP contribution in [0.2, 0.25) is 0 Å². The predicted octanol–water partition coefficient (Wildman–Crippen LogP) is 6.46. The molecule has 4 aromatic heterocycles. The highest BCUT2D eigenvalue weighted by Gasteiger charge is 2.44. The first-order valence-corrected chi connectivity index (χ1v) is 28.0. The van der Waals surface area contributed by atoms with Crippen LogP contribution in [0.25, 0.3) is 21.7 Å². The summed E-state index contributed by atoms with van der Waals surface area (Å²) >= 11 is 1.50. The molecule has 5 aliphatic rings. The zero-order valence-electron chi connectivity index (χ0n) is 44.1. The van der Waals surface area contributed by atoms with E-state index in [-0.39, 0.29) is 73.4 Å². The summed E-state index contributed by atoms with van der Waals surface area (Å²) in [7, 11) is 0. The van der Waals surface area contributed by atoms with Gasteiger partial charge in [-0.2, -0.15) is 5.26 Å². The van der Waals surface area contributed by atoms with Crippen LogP contribution in [0.15, 0.2) is 83.0 Å². The number of amides is 2. The lowest BCUT2D eigenvalue weighted by Gasteiger charge is -2.43. The molecular weight excluding hydrogens is 1010 g/mol. The Morgan fingerprint density at radius 1 is 0.936 bits per heavy atom. The number of aromatic hydroxyl groups is 1. The number of carbonyl (C=O) groups is 2. The van der Waals surface area contributed by atoms with E-state index >= 15 is 0 Å². The van der Waals surface area contributed by atoms with Crippen LogP contribution >= 0.6 is 11.3 Å². The molecule has 0 radical (unpaired) electrons. The van der Waals surface area contributed by atoms with E-state index in [1.165, 1.54) is 16.2 Å². The number of nitrogens with one attached hydrogen (secondary N) is 1. The van der Waals surface area contributed by atoms with Crippen molar-refractivity contribution < 1.29 is 38.5 Å². The fourth-order valence-corrected chi connectivity index (χ4v) is 12.7. The lowest BCUT2D eigenvalue weighted by Crippen LogP contribution is -2.54. The molecule has 21 heteroatoms. The summed E-state index contributed by atoms with van der Waals surface area (Å²) in [5.74, 6) is 0.0549. The fraction of sp³-hybridized carbons (Fsp3) is 0.474. The number of nitrogens with zero attached hydrogens (tertiary/aromatic N) is 10. The first kappa shape index (κ1) is 52.7. The van der Waals surface area contributed by atoms with Gasteiger partial charge in [0, 0.05) is 107 Å². The number of para-hydroxylation sites is 1. The molecule has 2 aromatic carbocycles. The van der Waals surface area contributed by atoms with Crippen LogP contribution < -0.4 is 30.3 Å². The number of phenolic OH excluding ortho intramolecular Hbond substituents is 1. The highest BCUT2D eigenvalue weighted by atomic mass is 32.1. The molecule has 408 valence electrons. The Labute approximate surface area is 457 Å². The van der Waals surface area contributed by atoms with Crippen molar-refractivity contribution in [2.75, 3.05) is 61.4 Å². The zero-order valence-corrected chi connectivity index (χ0v) is 44.9. The van der Waals surface area contributed by atoms with Crippen molar-refractivity contribution in [3.05, 3.63) is 101 Å². The number of phenols is 1. The predicted molar refractivity (Wildman–Crippen MR) is 292 cm³/mol. The number of carbonyl (C=O) groups excluding carboxylic acids is 2. The van der Waals surface area contributed by atoms with Crippen LogP contribution in [-0.2, 0) is 20.9 Å². The highest BCUT2D eigenvalue weighted by Crippen LogP contribution is 2.41. The molecule has 0 spiro atoms. The van der Waals surface area contributed by atoms with Crippen LogP contribution in [0.5, 0.6) is 17.5 Å². The number of likely N-dealkylation sites (tertiary alicyclic amines) is 2. The number of ether oxygens (including phenoxy) is 3. The van der Waals surface area contributed by atoms with Crippen molar-refractivity contribution >= 4 is 40.3 Å². The van der Waals surface area contributed by atoms with Gasteiger partial charge in [0.15, 0.2) is 11.6 Å². The Bertz CT molecular complexity index is 3140. The number of hydrogen-bond acceptors (Lipinski definition) is 19. The summed E-state index contributed by atoms with van der Waals surface area (Å²) in [6, 6.07) is 22.3. The Balaban J connectivity index is 0.602. The fourth-order valence-electron chi connectivity index (χ4n) is 11.9.